The minimum absolute atomic E-state index is 0.0894. The Morgan fingerprint density at radius 3 is 1.59 bits per heavy atom. The topological polar surface area (TPSA) is 560 Å². The number of benzene rings is 2. The van der Waals surface area contributed by atoms with Gasteiger partial charge in [0.05, 0.1) is 247 Å². The molecule has 796 valence electrons. The highest BCUT2D eigenvalue weighted by Crippen LogP contribution is 2.48. The number of carboxylic acids is 1. The number of methoxy groups -OCH3 is 5. The van der Waals surface area contributed by atoms with Gasteiger partial charge in [-0.25, -0.2) is 33.0 Å². The molecular weight excluding hydrogens is 1970 g/mol. The molecule has 2 amide bonds. The number of amides is 2. The number of H-pyrrole nitrogens is 1. The van der Waals surface area contributed by atoms with Gasteiger partial charge in [-0.05, 0) is 153 Å². The van der Waals surface area contributed by atoms with E-state index >= 15 is 4.21 Å². The molecule has 45 heteroatoms. The SMILES string of the molecule is C=C(CO)Cn1cc(C(=O)OC)cc1C=O.COC(=O)c1c[nH]c(C=O)c1.COC(=O)c1cc(C=O)n(CC(O)(CO)CO)c1.COC(=O)c1cc2n(c1)CC(CO)(CO)OC2.COC(=O)c1cc2n(c1)CC1(COC1)OC2.C[C@@H]1[C@@H](C)C/C=C/[C@H](O)[C@@H]2CC[C@H]2CN2C[C@@]3(CCCc4cc(Cl)ccc43)COc3ccc(cc32)C(=O)N=S1(=O)NC(=O)c1cc2n(c1)CC1(COC1)OC2.O=C(O)c1cc2n(c1)CC1(COC1)OC2. The van der Waals surface area contributed by atoms with Crippen LogP contribution in [0.25, 0.3) is 0 Å². The number of aliphatic hydroxyl groups excluding tert-OH is 6. The minimum Gasteiger partial charge on any atom is -0.490 e. The molecule has 7 aromatic heterocycles. The number of nitrogens with zero attached hydrogens (tertiary/aromatic N) is 8. The second kappa shape index (κ2) is 47.7. The van der Waals surface area contributed by atoms with Crippen molar-refractivity contribution in [3.8, 4) is 5.75 Å². The summed E-state index contributed by atoms with van der Waals surface area (Å²) in [6, 6.07) is 22.5. The fourth-order valence-corrected chi connectivity index (χ4v) is 21.0. The third-order valence-corrected chi connectivity index (χ3v) is 30.7. The van der Waals surface area contributed by atoms with Crippen molar-refractivity contribution >= 4 is 93.7 Å². The van der Waals surface area contributed by atoms with Gasteiger partial charge < -0.3 is 140 Å². The molecule has 16 heterocycles. The highest BCUT2D eigenvalue weighted by Gasteiger charge is 2.49. The number of esters is 5. The van der Waals surface area contributed by atoms with Gasteiger partial charge in [-0.2, -0.15) is 0 Å². The second-order valence-corrected chi connectivity index (χ2v) is 41.3. The lowest BCUT2D eigenvalue weighted by Crippen LogP contribution is -2.56. The monoisotopic (exact) mass is 2090 g/mol. The number of allylic oxidation sites excluding steroid dienone is 1. The molecule has 7 atom stereocenters. The first-order valence-corrected chi connectivity index (χ1v) is 49.7. The van der Waals surface area contributed by atoms with Crippen molar-refractivity contribution in [2.45, 2.75) is 163 Å². The van der Waals surface area contributed by atoms with Crippen LogP contribution in [0.3, 0.4) is 0 Å². The lowest BCUT2D eigenvalue weighted by molar-refractivity contribution is -0.232. The van der Waals surface area contributed by atoms with E-state index in [0.717, 1.165) is 72.1 Å². The van der Waals surface area contributed by atoms with E-state index in [1.165, 1.54) is 92.6 Å². The summed E-state index contributed by atoms with van der Waals surface area (Å²) in [4.78, 5) is 132. The predicted octanol–water partition coefficient (Wildman–Crippen LogP) is 6.88. The zero-order chi connectivity index (χ0) is 106. The van der Waals surface area contributed by atoms with Crippen LogP contribution < -0.4 is 14.4 Å². The maximum atomic E-state index is 15.0. The molecule has 2 aliphatic carbocycles. The van der Waals surface area contributed by atoms with Gasteiger partial charge in [0.15, 0.2) is 18.9 Å². The van der Waals surface area contributed by atoms with Gasteiger partial charge in [-0.15, -0.1) is 4.36 Å². The van der Waals surface area contributed by atoms with Crippen LogP contribution >= 0.6 is 11.6 Å². The average Bonchev–Trinajstić information content (AvgIpc) is 1.45. The number of aromatic nitrogens is 7. The molecule has 3 saturated heterocycles. The highest BCUT2D eigenvalue weighted by molar-refractivity contribution is 7.93. The van der Waals surface area contributed by atoms with Gasteiger partial charge in [0, 0.05) is 102 Å². The number of nitrogens with one attached hydrogen (secondary N) is 2. The average molecular weight is 2100 g/mol. The largest absolute Gasteiger partial charge is 0.490 e. The number of anilines is 1. The molecule has 148 heavy (non-hydrogen) atoms. The standard InChI is InChI=1S/C42H49ClN4O7S.C11H15NO6.C11H15NO5.2C11H13NO4.C10H11NO4.C7H7NO3/c1-26-5-3-7-37(48)34-11-8-30(34)18-47-21-41(14-4-6-28-15-32(43)10-12-35(28)41)23-53-38-13-9-29(17-36(38)47)39(49)44-55(51,27(26)2)45-40(50)31-16-33-20-54-42(24-52-25-42)22-46(33)19-31;1-18-10(16)8-2-9(4-13)12(3-8)5-11(17,6-14)7-15;1-16-10(15)8-2-9-4-17-11(6-13,7-14)5-12(9)3-8;1-14-10(13)8-2-9-4-16-11(6-15-7-11)5-12(9)3-8;1-8(6-13)4-12-5-9(11(15)16-2)3-10(12)7-14;12-9(13)7-1-8-3-15-10(5-14-6-10)4-11(8)2-7;1-11-7(10)5-2-6(4-9)8-3-5/h3,7,9-10,12-13,15-17,19,26-27,30,34,37,48H,4-6,8,11,14,18,20-25H2,1-2H3,(H,44,45,49,50,51);2-4,14-15,17H,5-7H2,1H3;2-3,13-14H,4-7H2,1H3;2-3H,4-7H2,1H3;3,5,7,13H,1,4,6H2,2H3;1-2H,3-6H2,(H,12,13);2-4,8H,1H3/b7-3+;;;;;;/t26-,27+,30-,34+,37-,41-,55?;;;;;;/m0....../s1. The van der Waals surface area contributed by atoms with Crippen LogP contribution in [-0.2, 0) is 144 Å². The summed E-state index contributed by atoms with van der Waals surface area (Å²) in [6.45, 7) is 14.5. The molecule has 1 saturated carbocycles. The Bertz CT molecular complexity index is 6540. The second-order valence-electron chi connectivity index (χ2n) is 38.6. The molecule has 10 N–H and O–H groups in total. The normalized spacial score (nSPS) is 22.0. The maximum Gasteiger partial charge on any atom is 0.339 e. The summed E-state index contributed by atoms with van der Waals surface area (Å²) in [5.41, 5.74) is 7.20. The van der Waals surface area contributed by atoms with Gasteiger partial charge >= 0.3 is 35.8 Å². The Kier molecular flexibility index (Phi) is 35.7. The van der Waals surface area contributed by atoms with E-state index in [1.54, 1.807) is 60.4 Å². The van der Waals surface area contributed by atoms with E-state index in [0.29, 0.717) is 187 Å². The number of aromatic amines is 1. The van der Waals surface area contributed by atoms with E-state index in [1.807, 2.05) is 52.6 Å². The lowest BCUT2D eigenvalue weighted by atomic mass is 9.68. The zero-order valence-corrected chi connectivity index (χ0v) is 84.5. The maximum absolute atomic E-state index is 15.0. The van der Waals surface area contributed by atoms with Gasteiger partial charge in [0.2, 0.25) is 0 Å². The Hall–Kier alpha value is -12.9. The molecule has 43 nitrogen and oxygen atoms in total. The Balaban J connectivity index is 0.000000152. The van der Waals surface area contributed by atoms with Crippen molar-refractivity contribution in [2.75, 3.05) is 133 Å². The number of hydrogen-bond donors (Lipinski definition) is 10. The summed E-state index contributed by atoms with van der Waals surface area (Å²) in [6.07, 6.45) is 21.4. The number of aromatic carboxylic acids is 1. The number of aliphatic hydroxyl groups is 7. The van der Waals surface area contributed by atoms with Crippen LogP contribution in [0, 0.1) is 17.8 Å². The molecule has 20 rings (SSSR count). The molecule has 2 aromatic carbocycles. The number of rotatable bonds is 20. The van der Waals surface area contributed by atoms with Crippen molar-refractivity contribution in [2.24, 2.45) is 22.1 Å². The number of fused-ring (bicyclic) bond motifs is 8. The summed E-state index contributed by atoms with van der Waals surface area (Å²) in [7, 11) is 2.80. The Labute approximate surface area is 856 Å². The smallest absolute Gasteiger partial charge is 0.339 e. The number of carbonyl (C=O) groups is 11. The number of halogens is 1. The third kappa shape index (κ3) is 25.1. The number of aldehydes is 3. The van der Waals surface area contributed by atoms with E-state index in [4.69, 9.17) is 69.9 Å². The molecule has 0 radical (unpaired) electrons. The van der Waals surface area contributed by atoms with Crippen molar-refractivity contribution in [3.63, 3.8) is 0 Å². The van der Waals surface area contributed by atoms with Crippen molar-refractivity contribution in [3.05, 3.63) is 247 Å². The third-order valence-electron chi connectivity index (χ3n) is 28.1. The van der Waals surface area contributed by atoms with Crippen molar-refractivity contribution in [1.82, 2.24) is 37.1 Å². The Morgan fingerprint density at radius 2 is 1.10 bits per heavy atom. The molecule has 4 fully saturated rings. The molecular formula is C103H123ClN10O33S. The van der Waals surface area contributed by atoms with Crippen LogP contribution in [0.2, 0.25) is 5.02 Å². The summed E-state index contributed by atoms with van der Waals surface area (Å²) < 4.78 is 101. The highest BCUT2D eigenvalue weighted by atomic mass is 35.5. The van der Waals surface area contributed by atoms with Crippen molar-refractivity contribution < 1.29 is 159 Å². The zero-order valence-electron chi connectivity index (χ0n) is 82.9. The predicted molar refractivity (Wildman–Crippen MR) is 526 cm³/mol. The quantitative estimate of drug-likeness (QED) is 0.0161. The molecule has 2 bridgehead atoms. The fraction of sp³-hybridized carbons (Fsp3) is 0.466. The number of aryl methyl sites for hydroxylation is 1. The minimum atomic E-state index is -3.67. The first-order valence-electron chi connectivity index (χ1n) is 47.7. The van der Waals surface area contributed by atoms with E-state index < -0.39 is 87.3 Å². The number of ether oxygens (including phenoxy) is 13. The van der Waals surface area contributed by atoms with E-state index in [-0.39, 0.29) is 95.7 Å². The van der Waals surface area contributed by atoms with Crippen molar-refractivity contribution in [1.29, 1.82) is 0 Å². The van der Waals surface area contributed by atoms with Gasteiger partial charge in [0.1, 0.15) is 43.7 Å². The van der Waals surface area contributed by atoms with Gasteiger partial charge in [-0.3, -0.25) is 28.7 Å². The summed E-state index contributed by atoms with van der Waals surface area (Å²) in [5, 5.41) is 75.3. The van der Waals surface area contributed by atoms with Gasteiger partial charge in [-0.1, -0.05) is 43.3 Å². The summed E-state index contributed by atoms with van der Waals surface area (Å²) in [5.74, 6) is -3.66. The first-order chi connectivity index (χ1) is 70.9. The number of carbonyl (C=O) groups excluding carboxylic acids is 10. The van der Waals surface area contributed by atoms with Crippen LogP contribution in [0.1, 0.15) is 194 Å². The van der Waals surface area contributed by atoms with Crippen LogP contribution in [-0.4, -0.2) is 311 Å². The van der Waals surface area contributed by atoms with Crippen LogP contribution in [0.5, 0.6) is 5.75 Å². The van der Waals surface area contributed by atoms with Gasteiger partial charge in [0.25, 0.3) is 11.8 Å². The molecule has 9 aromatic rings. The fourth-order valence-electron chi connectivity index (χ4n) is 19.0. The molecule has 1 unspecified atom stereocenters. The lowest BCUT2D eigenvalue weighted by Gasteiger charge is -2.45. The Morgan fingerprint density at radius 1 is 0.601 bits per heavy atom. The molecule has 9 aliphatic heterocycles. The summed E-state index contributed by atoms with van der Waals surface area (Å²) >= 11 is 6.46. The molecule has 11 aliphatic rings. The van der Waals surface area contributed by atoms with Crippen LogP contribution in [0.4, 0.5) is 5.69 Å². The van der Waals surface area contributed by atoms with E-state index in [9.17, 15) is 73.2 Å². The first kappa shape index (κ1) is 111. The van der Waals surface area contributed by atoms with Crippen LogP contribution in [0.15, 0.2) is 151 Å². The number of hydrogen-bond acceptors (Lipinski definition) is 33. The van der Waals surface area contributed by atoms with E-state index in [2.05, 4.69) is 65.9 Å². The number of carboxylic acid groups (broad SMARTS) is 1. The molecule has 4 spiro atoms.